The molecule has 24 heavy (non-hydrogen) atoms. The van der Waals surface area contributed by atoms with E-state index in [9.17, 15) is 4.79 Å². The Labute approximate surface area is 153 Å². The van der Waals surface area contributed by atoms with E-state index in [1.807, 2.05) is 11.8 Å². The third kappa shape index (κ3) is 12.5. The average molecular weight is 359 g/mol. The van der Waals surface area contributed by atoms with Crippen LogP contribution in [0.25, 0.3) is 0 Å². The Kier molecular flexibility index (Phi) is 15.0. The van der Waals surface area contributed by atoms with Crippen molar-refractivity contribution in [1.82, 2.24) is 15.5 Å². The predicted octanol–water partition coefficient (Wildman–Crippen LogP) is 2.97. The molecule has 0 bridgehead atoms. The monoisotopic (exact) mass is 358 g/mol. The number of amides is 1. The Bertz CT molecular complexity index is 348. The first-order valence-electron chi connectivity index (χ1n) is 9.26. The van der Waals surface area contributed by atoms with Crippen LogP contribution in [0.4, 0.5) is 0 Å². The molecule has 0 spiro atoms. The number of nitrogens with one attached hydrogen (secondary N) is 2. The number of carbonyl (C=O) groups is 1. The van der Waals surface area contributed by atoms with Crippen LogP contribution in [0.5, 0.6) is 0 Å². The van der Waals surface area contributed by atoms with Gasteiger partial charge < -0.3 is 15.5 Å². The first-order chi connectivity index (χ1) is 11.5. The first-order valence-corrected chi connectivity index (χ1v) is 10.7. The van der Waals surface area contributed by atoms with Crippen molar-refractivity contribution in [2.75, 3.05) is 45.7 Å². The molecule has 0 aliphatic heterocycles. The second kappa shape index (κ2) is 15.6. The first kappa shape index (κ1) is 23.1. The van der Waals surface area contributed by atoms with Crippen LogP contribution >= 0.6 is 11.8 Å². The molecule has 0 aliphatic carbocycles. The number of nitrogens with zero attached hydrogens (tertiary/aromatic N) is 2. The largest absolute Gasteiger partial charge is 0.356 e. The lowest BCUT2D eigenvalue weighted by Gasteiger charge is -2.18. The quantitative estimate of drug-likeness (QED) is 0.302. The summed E-state index contributed by atoms with van der Waals surface area (Å²) in [5, 5.41) is 6.80. The molecule has 2 N–H and O–H groups in total. The maximum absolute atomic E-state index is 11.8. The third-order valence-corrected chi connectivity index (χ3v) is 4.74. The van der Waals surface area contributed by atoms with Gasteiger partial charge in [-0.05, 0) is 37.2 Å². The highest BCUT2D eigenvalue weighted by atomic mass is 32.2. The Morgan fingerprint density at radius 1 is 1.17 bits per heavy atom. The molecule has 1 unspecified atom stereocenters. The van der Waals surface area contributed by atoms with Crippen molar-refractivity contribution in [3.8, 4) is 0 Å². The lowest BCUT2D eigenvalue weighted by atomic mass is 9.99. The molecule has 0 aromatic rings. The summed E-state index contributed by atoms with van der Waals surface area (Å²) in [6, 6.07) is 0. The topological polar surface area (TPSA) is 56.7 Å². The van der Waals surface area contributed by atoms with Crippen LogP contribution in [0.2, 0.25) is 0 Å². The molecule has 0 radical (unpaired) electrons. The Morgan fingerprint density at radius 2 is 1.92 bits per heavy atom. The van der Waals surface area contributed by atoms with Gasteiger partial charge in [-0.15, -0.1) is 0 Å². The van der Waals surface area contributed by atoms with E-state index in [4.69, 9.17) is 0 Å². The van der Waals surface area contributed by atoms with Gasteiger partial charge in [0, 0.05) is 27.2 Å². The molecule has 0 aliphatic rings. The lowest BCUT2D eigenvalue weighted by Crippen LogP contribution is -2.41. The smallest absolute Gasteiger partial charge is 0.243 e. The van der Waals surface area contributed by atoms with Crippen LogP contribution in [0.3, 0.4) is 0 Å². The van der Waals surface area contributed by atoms with Crippen LogP contribution in [0, 0.1) is 5.92 Å². The van der Waals surface area contributed by atoms with Crippen molar-refractivity contribution in [2.45, 2.75) is 52.4 Å². The summed E-state index contributed by atoms with van der Waals surface area (Å²) in [5.41, 5.74) is 0. The predicted molar refractivity (Wildman–Crippen MR) is 108 cm³/mol. The van der Waals surface area contributed by atoms with Gasteiger partial charge in [0.05, 0.1) is 0 Å². The van der Waals surface area contributed by atoms with Gasteiger partial charge in [-0.3, -0.25) is 4.79 Å². The average Bonchev–Trinajstić information content (AvgIpc) is 2.58. The summed E-state index contributed by atoms with van der Waals surface area (Å²) < 4.78 is 0. The van der Waals surface area contributed by atoms with E-state index in [0.29, 0.717) is 5.92 Å². The van der Waals surface area contributed by atoms with Crippen LogP contribution < -0.4 is 10.6 Å². The highest BCUT2D eigenvalue weighted by Crippen LogP contribution is 2.11. The van der Waals surface area contributed by atoms with Gasteiger partial charge in [0.15, 0.2) is 5.96 Å². The Morgan fingerprint density at radius 3 is 2.50 bits per heavy atom. The fraction of sp³-hybridized carbons (Fsp3) is 0.889. The number of guanidine groups is 1. The minimum absolute atomic E-state index is 0.0245. The van der Waals surface area contributed by atoms with Gasteiger partial charge in [-0.1, -0.05) is 33.1 Å². The zero-order chi connectivity index (χ0) is 18.2. The second-order valence-corrected chi connectivity index (χ2v) is 7.36. The van der Waals surface area contributed by atoms with Gasteiger partial charge in [0.25, 0.3) is 0 Å². The summed E-state index contributed by atoms with van der Waals surface area (Å²) in [6.45, 7) is 6.48. The molecule has 0 saturated carbocycles. The standard InChI is InChI=1S/C18H38N4OS/c1-6-8-11-16(7-2)14-20-18(19-12-9-10-13-24-5)21-15-17(23)22(3)4/h16H,6-15H2,1-5H3,(H2,19,20,21). The summed E-state index contributed by atoms with van der Waals surface area (Å²) in [4.78, 5) is 17.8. The van der Waals surface area contributed by atoms with Gasteiger partial charge in [0.1, 0.15) is 6.54 Å². The number of rotatable bonds is 13. The molecule has 0 aromatic heterocycles. The molecule has 0 rings (SSSR count). The van der Waals surface area contributed by atoms with Crippen molar-refractivity contribution in [1.29, 1.82) is 0 Å². The van der Waals surface area contributed by atoms with E-state index in [0.717, 1.165) is 25.5 Å². The molecular formula is C18H38N4OS. The van der Waals surface area contributed by atoms with Gasteiger partial charge in [-0.25, -0.2) is 4.99 Å². The molecule has 1 amide bonds. The Hall–Kier alpha value is -0.910. The maximum atomic E-state index is 11.8. The minimum Gasteiger partial charge on any atom is -0.356 e. The zero-order valence-electron chi connectivity index (χ0n) is 16.4. The molecule has 5 nitrogen and oxygen atoms in total. The normalized spacial score (nSPS) is 12.8. The summed E-state index contributed by atoms with van der Waals surface area (Å²) in [7, 11) is 3.53. The minimum atomic E-state index is 0.0245. The van der Waals surface area contributed by atoms with Gasteiger partial charge in [-0.2, -0.15) is 11.8 Å². The molecule has 0 aromatic carbocycles. The van der Waals surface area contributed by atoms with E-state index in [-0.39, 0.29) is 12.5 Å². The number of carbonyl (C=O) groups excluding carboxylic acids is 1. The molecule has 0 heterocycles. The van der Waals surface area contributed by atoms with E-state index in [1.165, 1.54) is 37.9 Å². The number of thioether (sulfide) groups is 1. The number of likely N-dealkylation sites (N-methyl/N-ethyl adjacent to an activating group) is 1. The molecule has 1 atom stereocenters. The lowest BCUT2D eigenvalue weighted by molar-refractivity contribution is -0.127. The van der Waals surface area contributed by atoms with Gasteiger partial charge in [0.2, 0.25) is 5.91 Å². The molecular weight excluding hydrogens is 320 g/mol. The molecule has 142 valence electrons. The van der Waals surface area contributed by atoms with E-state index in [1.54, 1.807) is 19.0 Å². The maximum Gasteiger partial charge on any atom is 0.243 e. The van der Waals surface area contributed by atoms with Gasteiger partial charge >= 0.3 is 0 Å². The van der Waals surface area contributed by atoms with Crippen molar-refractivity contribution in [3.63, 3.8) is 0 Å². The van der Waals surface area contributed by atoms with Crippen LogP contribution in [-0.4, -0.2) is 62.5 Å². The van der Waals surface area contributed by atoms with Crippen LogP contribution in [-0.2, 0) is 4.79 Å². The molecule has 0 fully saturated rings. The SMILES string of the molecule is CCCCC(CC)CNC(=NCC(=O)N(C)C)NCCCCSC. The van der Waals surface area contributed by atoms with E-state index >= 15 is 0 Å². The van der Waals surface area contributed by atoms with E-state index < -0.39 is 0 Å². The van der Waals surface area contributed by atoms with E-state index in [2.05, 4.69) is 35.7 Å². The van der Waals surface area contributed by atoms with Crippen molar-refractivity contribution in [3.05, 3.63) is 0 Å². The number of hydrogen-bond donors (Lipinski definition) is 2. The van der Waals surface area contributed by atoms with Crippen molar-refractivity contribution < 1.29 is 4.79 Å². The fourth-order valence-corrected chi connectivity index (χ4v) is 2.72. The van der Waals surface area contributed by atoms with Crippen LogP contribution in [0.1, 0.15) is 52.4 Å². The van der Waals surface area contributed by atoms with Crippen molar-refractivity contribution in [2.24, 2.45) is 10.9 Å². The summed E-state index contributed by atoms with van der Waals surface area (Å²) in [5.74, 6) is 2.65. The Balaban J connectivity index is 4.43. The second-order valence-electron chi connectivity index (χ2n) is 6.38. The van der Waals surface area contributed by atoms with Crippen molar-refractivity contribution >= 4 is 23.6 Å². The zero-order valence-corrected chi connectivity index (χ0v) is 17.2. The number of unbranched alkanes of at least 4 members (excludes halogenated alkanes) is 2. The third-order valence-electron chi connectivity index (χ3n) is 4.04. The highest BCUT2D eigenvalue weighted by molar-refractivity contribution is 7.98. The van der Waals surface area contributed by atoms with Crippen LogP contribution in [0.15, 0.2) is 4.99 Å². The number of aliphatic imine (C=N–C) groups is 1. The molecule has 0 saturated heterocycles. The highest BCUT2D eigenvalue weighted by Gasteiger charge is 2.08. The fourth-order valence-electron chi connectivity index (χ4n) is 2.22. The summed E-state index contributed by atoms with van der Waals surface area (Å²) in [6.07, 6.45) is 9.39. The summed E-state index contributed by atoms with van der Waals surface area (Å²) >= 11 is 1.88. The number of hydrogen-bond acceptors (Lipinski definition) is 3. The molecule has 6 heteroatoms.